The molecule has 1 aromatic heterocycles. The van der Waals surface area contributed by atoms with E-state index < -0.39 is 0 Å². The summed E-state index contributed by atoms with van der Waals surface area (Å²) in [7, 11) is 0. The average molecular weight is 303 g/mol. The molecule has 0 radical (unpaired) electrons. The third-order valence-corrected chi connectivity index (χ3v) is 3.31. The van der Waals surface area contributed by atoms with Gasteiger partial charge in [-0.1, -0.05) is 55.8 Å². The van der Waals surface area contributed by atoms with Gasteiger partial charge in [0, 0.05) is 18.0 Å². The Morgan fingerprint density at radius 1 is 1.24 bits per heavy atom. The molecule has 1 aromatic carbocycles. The first-order chi connectivity index (χ1) is 9.84. The molecule has 2 aromatic rings. The average Bonchev–Trinajstić information content (AvgIpc) is 2.86. The summed E-state index contributed by atoms with van der Waals surface area (Å²) in [4.78, 5) is 0. The number of hydrogen-bond acceptors (Lipinski definition) is 3. The molecule has 112 valence electrons. The van der Waals surface area contributed by atoms with Gasteiger partial charge in [-0.25, -0.2) is 0 Å². The summed E-state index contributed by atoms with van der Waals surface area (Å²) in [6.07, 6.45) is 0. The van der Waals surface area contributed by atoms with Crippen molar-refractivity contribution in [1.29, 1.82) is 0 Å². The number of benzene rings is 1. The molecule has 0 bridgehead atoms. The fourth-order valence-corrected chi connectivity index (χ4v) is 1.91. The van der Waals surface area contributed by atoms with Crippen molar-refractivity contribution in [3.8, 4) is 0 Å². The molecule has 0 saturated heterocycles. The summed E-state index contributed by atoms with van der Waals surface area (Å²) in [5, 5.41) is 10.7. The van der Waals surface area contributed by atoms with Crippen molar-refractivity contribution in [2.24, 2.45) is 0 Å². The number of rotatable bonds is 3. The number of aryl methyl sites for hydroxylation is 1. The predicted octanol–water partition coefficient (Wildman–Crippen LogP) is 3.77. The predicted molar refractivity (Wildman–Crippen MR) is 89.4 cm³/mol. The summed E-state index contributed by atoms with van der Waals surface area (Å²) < 4.78 is 5.31. The van der Waals surface area contributed by atoms with Crippen LogP contribution in [-0.2, 0) is 12.0 Å². The van der Waals surface area contributed by atoms with Gasteiger partial charge >= 0.3 is 0 Å². The molecule has 2 rings (SSSR count). The Labute approximate surface area is 130 Å². The number of thiocarbonyl (C=S) groups is 1. The van der Waals surface area contributed by atoms with Gasteiger partial charge in [-0.05, 0) is 24.7 Å². The van der Waals surface area contributed by atoms with Gasteiger partial charge in [0.1, 0.15) is 5.76 Å². The van der Waals surface area contributed by atoms with Crippen LogP contribution < -0.4 is 10.6 Å². The second-order valence-electron chi connectivity index (χ2n) is 6.12. The minimum atomic E-state index is -0.0656. The number of hydrogen-bond donors (Lipinski definition) is 2. The minimum Gasteiger partial charge on any atom is -0.359 e. The standard InChI is InChI=1S/C16H21N3OS/c1-11-5-7-12(8-6-11)10-17-15(21)18-14-9-13(20-19-14)16(2,3)4/h5-9H,10H2,1-4H3,(H2,17,18,19,21). The molecule has 0 fully saturated rings. The van der Waals surface area contributed by atoms with E-state index in [1.807, 2.05) is 6.07 Å². The van der Waals surface area contributed by atoms with Gasteiger partial charge in [-0.2, -0.15) is 0 Å². The van der Waals surface area contributed by atoms with Gasteiger partial charge < -0.3 is 15.2 Å². The van der Waals surface area contributed by atoms with E-state index in [9.17, 15) is 0 Å². The Kier molecular flexibility index (Phi) is 4.63. The smallest absolute Gasteiger partial charge is 0.175 e. The maximum absolute atomic E-state index is 5.31. The molecular formula is C16H21N3OS. The maximum Gasteiger partial charge on any atom is 0.175 e. The van der Waals surface area contributed by atoms with Crippen molar-refractivity contribution in [2.75, 3.05) is 5.32 Å². The van der Waals surface area contributed by atoms with Crippen LogP contribution in [0.4, 0.5) is 5.82 Å². The van der Waals surface area contributed by atoms with Crippen LogP contribution in [0.25, 0.3) is 0 Å². The summed E-state index contributed by atoms with van der Waals surface area (Å²) >= 11 is 5.26. The Morgan fingerprint density at radius 2 is 1.90 bits per heavy atom. The third-order valence-electron chi connectivity index (χ3n) is 3.06. The Hall–Kier alpha value is -1.88. The SMILES string of the molecule is Cc1ccc(CNC(=S)Nc2cc(C(C)(C)C)on2)cc1. The van der Waals surface area contributed by atoms with E-state index >= 15 is 0 Å². The van der Waals surface area contributed by atoms with E-state index in [4.69, 9.17) is 16.7 Å². The number of nitrogens with zero attached hydrogens (tertiary/aromatic N) is 1. The highest BCUT2D eigenvalue weighted by Gasteiger charge is 2.19. The van der Waals surface area contributed by atoms with E-state index in [0.717, 1.165) is 5.76 Å². The zero-order valence-corrected chi connectivity index (χ0v) is 13.7. The lowest BCUT2D eigenvalue weighted by atomic mass is 9.93. The van der Waals surface area contributed by atoms with E-state index in [1.165, 1.54) is 11.1 Å². The number of aromatic nitrogens is 1. The van der Waals surface area contributed by atoms with Crippen molar-refractivity contribution < 1.29 is 4.52 Å². The molecule has 0 spiro atoms. The van der Waals surface area contributed by atoms with E-state index in [1.54, 1.807) is 0 Å². The molecule has 0 aliphatic heterocycles. The summed E-state index contributed by atoms with van der Waals surface area (Å²) in [5.41, 5.74) is 2.36. The van der Waals surface area contributed by atoms with E-state index in [0.29, 0.717) is 17.5 Å². The first-order valence-corrected chi connectivity index (χ1v) is 7.33. The molecule has 5 heteroatoms. The highest BCUT2D eigenvalue weighted by atomic mass is 32.1. The topological polar surface area (TPSA) is 50.1 Å². The normalized spacial score (nSPS) is 11.2. The van der Waals surface area contributed by atoms with Crippen LogP contribution in [0, 0.1) is 6.92 Å². The Morgan fingerprint density at radius 3 is 2.48 bits per heavy atom. The molecule has 0 unspecified atom stereocenters. The van der Waals surface area contributed by atoms with E-state index in [2.05, 4.69) is 67.8 Å². The maximum atomic E-state index is 5.31. The van der Waals surface area contributed by atoms with Crippen LogP contribution in [0.1, 0.15) is 37.7 Å². The molecule has 0 atom stereocenters. The lowest BCUT2D eigenvalue weighted by Crippen LogP contribution is -2.28. The largest absolute Gasteiger partial charge is 0.359 e. The lowest BCUT2D eigenvalue weighted by molar-refractivity contribution is 0.331. The fraction of sp³-hybridized carbons (Fsp3) is 0.375. The number of nitrogens with one attached hydrogen (secondary N) is 2. The van der Waals surface area contributed by atoms with Crippen LogP contribution in [0.2, 0.25) is 0 Å². The Bertz CT molecular complexity index is 611. The van der Waals surface area contributed by atoms with Crippen LogP contribution in [0.15, 0.2) is 34.9 Å². The van der Waals surface area contributed by atoms with Crippen LogP contribution in [-0.4, -0.2) is 10.3 Å². The molecule has 4 nitrogen and oxygen atoms in total. The minimum absolute atomic E-state index is 0.0656. The summed E-state index contributed by atoms with van der Waals surface area (Å²) in [6, 6.07) is 10.2. The van der Waals surface area contributed by atoms with Gasteiger partial charge in [-0.15, -0.1) is 0 Å². The van der Waals surface area contributed by atoms with Crippen molar-refractivity contribution >= 4 is 23.1 Å². The zero-order valence-electron chi connectivity index (χ0n) is 12.9. The number of anilines is 1. The molecule has 0 saturated carbocycles. The van der Waals surface area contributed by atoms with Gasteiger partial charge in [0.25, 0.3) is 0 Å². The monoisotopic (exact) mass is 303 g/mol. The molecule has 0 aliphatic carbocycles. The summed E-state index contributed by atoms with van der Waals surface area (Å²) in [6.45, 7) is 8.97. The lowest BCUT2D eigenvalue weighted by Gasteiger charge is -2.12. The van der Waals surface area contributed by atoms with Gasteiger partial charge in [-0.3, -0.25) is 0 Å². The first kappa shape index (κ1) is 15.5. The second-order valence-corrected chi connectivity index (χ2v) is 6.53. The van der Waals surface area contributed by atoms with Crippen molar-refractivity contribution in [3.05, 3.63) is 47.2 Å². The molecule has 21 heavy (non-hydrogen) atoms. The van der Waals surface area contributed by atoms with Crippen molar-refractivity contribution in [1.82, 2.24) is 10.5 Å². The fourth-order valence-electron chi connectivity index (χ4n) is 1.74. The molecule has 0 aliphatic rings. The molecular weight excluding hydrogens is 282 g/mol. The quantitative estimate of drug-likeness (QED) is 0.845. The summed E-state index contributed by atoms with van der Waals surface area (Å²) in [5.74, 6) is 1.45. The van der Waals surface area contributed by atoms with Crippen molar-refractivity contribution in [3.63, 3.8) is 0 Å². The van der Waals surface area contributed by atoms with Crippen molar-refractivity contribution in [2.45, 2.75) is 39.7 Å². The zero-order chi connectivity index (χ0) is 15.5. The molecule has 0 amide bonds. The van der Waals surface area contributed by atoms with Crippen LogP contribution >= 0.6 is 12.2 Å². The first-order valence-electron chi connectivity index (χ1n) is 6.92. The van der Waals surface area contributed by atoms with Gasteiger partial charge in [0.2, 0.25) is 0 Å². The van der Waals surface area contributed by atoms with Gasteiger partial charge in [0.05, 0.1) is 0 Å². The molecule has 1 heterocycles. The second kappa shape index (κ2) is 6.26. The van der Waals surface area contributed by atoms with Crippen LogP contribution in [0.5, 0.6) is 0 Å². The highest BCUT2D eigenvalue weighted by molar-refractivity contribution is 7.80. The molecule has 2 N–H and O–H groups in total. The Balaban J connectivity index is 1.87. The van der Waals surface area contributed by atoms with E-state index in [-0.39, 0.29) is 5.41 Å². The third kappa shape index (κ3) is 4.56. The van der Waals surface area contributed by atoms with Gasteiger partial charge in [0.15, 0.2) is 10.9 Å². The highest BCUT2D eigenvalue weighted by Crippen LogP contribution is 2.24. The van der Waals surface area contributed by atoms with Crippen LogP contribution in [0.3, 0.4) is 0 Å².